The first-order valence-corrected chi connectivity index (χ1v) is 6.64. The zero-order chi connectivity index (χ0) is 14.5. The second-order valence-electron chi connectivity index (χ2n) is 4.09. The highest BCUT2D eigenvalue weighted by atomic mass is 79.9. The van der Waals surface area contributed by atoms with E-state index in [1.807, 2.05) is 6.07 Å². The summed E-state index contributed by atoms with van der Waals surface area (Å²) in [5, 5.41) is 13.6. The summed E-state index contributed by atoms with van der Waals surface area (Å²) in [6.07, 6.45) is 1.82. The van der Waals surface area contributed by atoms with Crippen LogP contribution in [0, 0.1) is 15.9 Å². The van der Waals surface area contributed by atoms with Crippen LogP contribution < -0.4 is 5.32 Å². The Labute approximate surface area is 123 Å². The van der Waals surface area contributed by atoms with Crippen LogP contribution >= 0.6 is 15.9 Å². The van der Waals surface area contributed by atoms with Crippen molar-refractivity contribution in [2.24, 2.45) is 0 Å². The molecular weight excluding hydrogens is 329 g/mol. The molecule has 0 atom stereocenters. The third kappa shape index (κ3) is 3.74. The van der Waals surface area contributed by atoms with Crippen LogP contribution in [0.3, 0.4) is 0 Å². The topological polar surface area (TPSA) is 68.1 Å². The number of aromatic nitrogens is 1. The van der Waals surface area contributed by atoms with Gasteiger partial charge in [-0.2, -0.15) is 0 Å². The fraction of sp³-hybridized carbons (Fsp3) is 0.154. The minimum atomic E-state index is -0.506. The van der Waals surface area contributed by atoms with Crippen LogP contribution in [0.1, 0.15) is 5.56 Å². The molecule has 20 heavy (non-hydrogen) atoms. The number of pyridine rings is 1. The van der Waals surface area contributed by atoms with Gasteiger partial charge in [0.15, 0.2) is 0 Å². The third-order valence-corrected chi connectivity index (χ3v) is 3.24. The van der Waals surface area contributed by atoms with E-state index in [0.717, 1.165) is 5.56 Å². The van der Waals surface area contributed by atoms with E-state index < -0.39 is 4.92 Å². The SMILES string of the molecule is O=[N+]([O-])c1cnc(NCCc2cccc(F)c2)c(Br)c1. The lowest BCUT2D eigenvalue weighted by Crippen LogP contribution is -2.07. The Morgan fingerprint density at radius 1 is 1.40 bits per heavy atom. The van der Waals surface area contributed by atoms with Gasteiger partial charge in [-0.25, -0.2) is 9.37 Å². The van der Waals surface area contributed by atoms with Gasteiger partial charge in [0.1, 0.15) is 17.8 Å². The minimum Gasteiger partial charge on any atom is -0.369 e. The summed E-state index contributed by atoms with van der Waals surface area (Å²) in [6.45, 7) is 0.548. The van der Waals surface area contributed by atoms with Gasteiger partial charge in [0.25, 0.3) is 5.69 Å². The van der Waals surface area contributed by atoms with E-state index in [-0.39, 0.29) is 11.5 Å². The van der Waals surface area contributed by atoms with Crippen molar-refractivity contribution >= 4 is 27.4 Å². The van der Waals surface area contributed by atoms with Gasteiger partial charge in [0.2, 0.25) is 0 Å². The lowest BCUT2D eigenvalue weighted by Gasteiger charge is -2.07. The average molecular weight is 340 g/mol. The summed E-state index contributed by atoms with van der Waals surface area (Å²) < 4.78 is 13.5. The Kier molecular flexibility index (Phi) is 4.62. The van der Waals surface area contributed by atoms with Crippen molar-refractivity contribution in [1.29, 1.82) is 0 Å². The molecule has 7 heteroatoms. The van der Waals surface area contributed by atoms with Gasteiger partial charge < -0.3 is 5.32 Å². The molecule has 1 aromatic carbocycles. The van der Waals surface area contributed by atoms with Gasteiger partial charge in [0.05, 0.1) is 9.40 Å². The van der Waals surface area contributed by atoms with Crippen LogP contribution in [-0.2, 0) is 6.42 Å². The Bertz CT molecular complexity index is 637. The van der Waals surface area contributed by atoms with E-state index in [2.05, 4.69) is 26.2 Å². The predicted molar refractivity (Wildman–Crippen MR) is 77.2 cm³/mol. The maximum absolute atomic E-state index is 13.0. The molecule has 0 aliphatic heterocycles. The number of halogens is 2. The molecule has 0 aliphatic rings. The number of nitrogens with zero attached hydrogens (tertiary/aromatic N) is 2. The lowest BCUT2D eigenvalue weighted by atomic mass is 10.1. The second-order valence-corrected chi connectivity index (χ2v) is 4.94. The number of anilines is 1. The van der Waals surface area contributed by atoms with Gasteiger partial charge in [0, 0.05) is 12.6 Å². The van der Waals surface area contributed by atoms with E-state index in [9.17, 15) is 14.5 Å². The molecule has 0 saturated heterocycles. The molecule has 104 valence electrons. The van der Waals surface area contributed by atoms with E-state index >= 15 is 0 Å². The lowest BCUT2D eigenvalue weighted by molar-refractivity contribution is -0.385. The van der Waals surface area contributed by atoms with Crippen molar-refractivity contribution in [3.63, 3.8) is 0 Å². The number of hydrogen-bond acceptors (Lipinski definition) is 4. The summed E-state index contributed by atoms with van der Waals surface area (Å²) in [5.41, 5.74) is 0.795. The molecule has 0 bridgehead atoms. The van der Waals surface area contributed by atoms with Gasteiger partial charge in [-0.15, -0.1) is 0 Å². The van der Waals surface area contributed by atoms with Crippen molar-refractivity contribution in [3.8, 4) is 0 Å². The van der Waals surface area contributed by atoms with Crippen molar-refractivity contribution in [2.75, 3.05) is 11.9 Å². The Balaban J connectivity index is 1.96. The molecule has 1 heterocycles. The quantitative estimate of drug-likeness (QED) is 0.668. The first-order valence-electron chi connectivity index (χ1n) is 5.84. The van der Waals surface area contributed by atoms with Gasteiger partial charge in [-0.3, -0.25) is 10.1 Å². The van der Waals surface area contributed by atoms with Crippen LogP contribution in [0.2, 0.25) is 0 Å². The van der Waals surface area contributed by atoms with Crippen LogP contribution in [0.5, 0.6) is 0 Å². The Hall–Kier alpha value is -2.02. The molecule has 2 aromatic rings. The summed E-state index contributed by atoms with van der Waals surface area (Å²) >= 11 is 3.22. The van der Waals surface area contributed by atoms with Gasteiger partial charge in [-0.05, 0) is 40.0 Å². The summed E-state index contributed by atoms with van der Waals surface area (Å²) in [6, 6.07) is 7.75. The number of benzene rings is 1. The first-order chi connectivity index (χ1) is 9.56. The third-order valence-electron chi connectivity index (χ3n) is 2.63. The largest absolute Gasteiger partial charge is 0.369 e. The monoisotopic (exact) mass is 339 g/mol. The fourth-order valence-corrected chi connectivity index (χ4v) is 2.15. The fourth-order valence-electron chi connectivity index (χ4n) is 1.68. The number of rotatable bonds is 5. The van der Waals surface area contributed by atoms with Crippen LogP contribution in [0.4, 0.5) is 15.9 Å². The van der Waals surface area contributed by atoms with E-state index in [4.69, 9.17) is 0 Å². The molecule has 0 radical (unpaired) electrons. The Morgan fingerprint density at radius 2 is 2.20 bits per heavy atom. The van der Waals surface area contributed by atoms with Crippen molar-refractivity contribution < 1.29 is 9.31 Å². The second kappa shape index (κ2) is 6.42. The maximum atomic E-state index is 13.0. The zero-order valence-electron chi connectivity index (χ0n) is 10.3. The predicted octanol–water partition coefficient (Wildman–Crippen LogP) is 3.55. The number of nitrogens with one attached hydrogen (secondary N) is 1. The molecule has 0 fully saturated rings. The number of hydrogen-bond donors (Lipinski definition) is 1. The summed E-state index contributed by atoms with van der Waals surface area (Å²) in [7, 11) is 0. The van der Waals surface area contributed by atoms with Crippen molar-refractivity contribution in [3.05, 3.63) is 62.5 Å². The van der Waals surface area contributed by atoms with Crippen LogP contribution in [0.15, 0.2) is 41.0 Å². The van der Waals surface area contributed by atoms with Crippen molar-refractivity contribution in [2.45, 2.75) is 6.42 Å². The smallest absolute Gasteiger partial charge is 0.288 e. The zero-order valence-corrected chi connectivity index (χ0v) is 11.9. The van der Waals surface area contributed by atoms with E-state index in [1.54, 1.807) is 6.07 Å². The maximum Gasteiger partial charge on any atom is 0.288 e. The summed E-state index contributed by atoms with van der Waals surface area (Å²) in [4.78, 5) is 14.1. The average Bonchev–Trinajstić information content (AvgIpc) is 2.40. The molecule has 0 saturated carbocycles. The highest BCUT2D eigenvalue weighted by Gasteiger charge is 2.10. The highest BCUT2D eigenvalue weighted by Crippen LogP contribution is 2.24. The van der Waals surface area contributed by atoms with Gasteiger partial charge in [-0.1, -0.05) is 12.1 Å². The molecule has 1 N–H and O–H groups in total. The molecule has 5 nitrogen and oxygen atoms in total. The van der Waals surface area contributed by atoms with Crippen LogP contribution in [0.25, 0.3) is 0 Å². The number of nitro groups is 1. The molecule has 0 amide bonds. The minimum absolute atomic E-state index is 0.0763. The first kappa shape index (κ1) is 14.4. The normalized spacial score (nSPS) is 10.3. The molecule has 1 aromatic heterocycles. The molecule has 2 rings (SSSR count). The molecule has 0 spiro atoms. The molecule has 0 aliphatic carbocycles. The van der Waals surface area contributed by atoms with Gasteiger partial charge >= 0.3 is 0 Å². The van der Waals surface area contributed by atoms with Crippen molar-refractivity contribution in [1.82, 2.24) is 4.98 Å². The van der Waals surface area contributed by atoms with Crippen LogP contribution in [-0.4, -0.2) is 16.5 Å². The van der Waals surface area contributed by atoms with E-state index in [1.165, 1.54) is 24.4 Å². The molecule has 0 unspecified atom stereocenters. The Morgan fingerprint density at radius 3 is 2.85 bits per heavy atom. The standard InChI is InChI=1S/C13H11BrFN3O2/c14-12-7-11(18(19)20)8-17-13(12)16-5-4-9-2-1-3-10(15)6-9/h1-3,6-8H,4-5H2,(H,16,17). The molecular formula is C13H11BrFN3O2. The summed E-state index contributed by atoms with van der Waals surface area (Å²) in [5.74, 6) is 0.254. The van der Waals surface area contributed by atoms with E-state index in [0.29, 0.717) is 23.3 Å². The highest BCUT2D eigenvalue weighted by molar-refractivity contribution is 9.10.